The minimum atomic E-state index is 0.106. The molecule has 19 heavy (non-hydrogen) atoms. The molecule has 0 N–H and O–H groups in total. The van der Waals surface area contributed by atoms with E-state index >= 15 is 0 Å². The van der Waals surface area contributed by atoms with E-state index in [1.807, 2.05) is 4.90 Å². The maximum Gasteiger partial charge on any atom is 0.253 e. The number of carbonyl (C=O) groups excluding carboxylic acids is 1. The minimum absolute atomic E-state index is 0.106. The van der Waals surface area contributed by atoms with Crippen LogP contribution >= 0.6 is 22.9 Å². The van der Waals surface area contributed by atoms with Crippen LogP contribution < -0.4 is 0 Å². The van der Waals surface area contributed by atoms with Gasteiger partial charge in [0, 0.05) is 29.6 Å². The van der Waals surface area contributed by atoms with E-state index in [-0.39, 0.29) is 5.91 Å². The SMILES string of the molecule is O=C(c1ccc(Cl)cc1)N1CCC(c2ccsc2)C1. The van der Waals surface area contributed by atoms with Crippen molar-refractivity contribution in [3.05, 3.63) is 57.2 Å². The average Bonchev–Trinajstić information content (AvgIpc) is 3.10. The van der Waals surface area contributed by atoms with Gasteiger partial charge in [0.05, 0.1) is 0 Å². The summed E-state index contributed by atoms with van der Waals surface area (Å²) in [6.45, 7) is 1.65. The topological polar surface area (TPSA) is 20.3 Å². The Kier molecular flexibility index (Phi) is 3.58. The van der Waals surface area contributed by atoms with Crippen molar-refractivity contribution < 1.29 is 4.79 Å². The van der Waals surface area contributed by atoms with E-state index in [1.165, 1.54) is 5.56 Å². The van der Waals surface area contributed by atoms with Gasteiger partial charge in [0.25, 0.3) is 5.91 Å². The van der Waals surface area contributed by atoms with E-state index in [2.05, 4.69) is 16.8 Å². The molecule has 0 bridgehead atoms. The van der Waals surface area contributed by atoms with Crippen LogP contribution in [0, 0.1) is 0 Å². The Morgan fingerprint density at radius 1 is 1.26 bits per heavy atom. The fourth-order valence-corrected chi connectivity index (χ4v) is 3.37. The number of likely N-dealkylation sites (tertiary alicyclic amines) is 1. The molecule has 2 nitrogen and oxygen atoms in total. The number of amides is 1. The van der Waals surface area contributed by atoms with Gasteiger partial charge in [0.15, 0.2) is 0 Å². The van der Waals surface area contributed by atoms with Gasteiger partial charge in [-0.2, -0.15) is 11.3 Å². The Morgan fingerprint density at radius 2 is 2.05 bits per heavy atom. The average molecular weight is 292 g/mol. The first-order chi connectivity index (χ1) is 9.24. The molecule has 98 valence electrons. The van der Waals surface area contributed by atoms with Crippen molar-refractivity contribution in [3.63, 3.8) is 0 Å². The molecule has 2 aromatic rings. The summed E-state index contributed by atoms with van der Waals surface area (Å²) in [4.78, 5) is 14.3. The molecule has 1 fully saturated rings. The molecule has 1 atom stereocenters. The number of hydrogen-bond acceptors (Lipinski definition) is 2. The zero-order chi connectivity index (χ0) is 13.2. The lowest BCUT2D eigenvalue weighted by Gasteiger charge is -2.16. The summed E-state index contributed by atoms with van der Waals surface area (Å²) in [6.07, 6.45) is 1.05. The van der Waals surface area contributed by atoms with Crippen LogP contribution in [-0.2, 0) is 0 Å². The highest BCUT2D eigenvalue weighted by molar-refractivity contribution is 7.07. The third-order valence-corrected chi connectivity index (χ3v) is 4.53. The van der Waals surface area contributed by atoms with Gasteiger partial charge in [-0.1, -0.05) is 11.6 Å². The Hall–Kier alpha value is -1.32. The van der Waals surface area contributed by atoms with E-state index in [1.54, 1.807) is 35.6 Å². The highest BCUT2D eigenvalue weighted by atomic mass is 35.5. The molecule has 1 aromatic heterocycles. The molecule has 1 aliphatic rings. The second-order valence-corrected chi connectivity index (χ2v) is 6.02. The Labute approximate surface area is 121 Å². The summed E-state index contributed by atoms with van der Waals surface area (Å²) in [7, 11) is 0. The van der Waals surface area contributed by atoms with Gasteiger partial charge in [0.1, 0.15) is 0 Å². The highest BCUT2D eigenvalue weighted by Gasteiger charge is 2.27. The van der Waals surface area contributed by atoms with Crippen molar-refractivity contribution in [2.45, 2.75) is 12.3 Å². The zero-order valence-electron chi connectivity index (χ0n) is 10.4. The molecule has 1 aromatic carbocycles. The van der Waals surface area contributed by atoms with Crippen LogP contribution in [0.3, 0.4) is 0 Å². The van der Waals surface area contributed by atoms with Crippen LogP contribution in [-0.4, -0.2) is 23.9 Å². The predicted molar refractivity (Wildman–Crippen MR) is 79.0 cm³/mol. The molecule has 1 aliphatic heterocycles. The summed E-state index contributed by atoms with van der Waals surface area (Å²) in [5, 5.41) is 4.94. The van der Waals surface area contributed by atoms with Gasteiger partial charge in [-0.15, -0.1) is 0 Å². The lowest BCUT2D eigenvalue weighted by Crippen LogP contribution is -2.28. The van der Waals surface area contributed by atoms with Crippen LogP contribution in [0.1, 0.15) is 28.3 Å². The largest absolute Gasteiger partial charge is 0.338 e. The molecule has 0 spiro atoms. The Morgan fingerprint density at radius 3 is 2.74 bits per heavy atom. The minimum Gasteiger partial charge on any atom is -0.338 e. The number of carbonyl (C=O) groups is 1. The van der Waals surface area contributed by atoms with Gasteiger partial charge >= 0.3 is 0 Å². The fraction of sp³-hybridized carbons (Fsp3) is 0.267. The standard InChI is InChI=1S/C15H14ClNOS/c16-14-3-1-11(2-4-14)15(18)17-7-5-12(9-17)13-6-8-19-10-13/h1-4,6,8,10,12H,5,7,9H2. The van der Waals surface area contributed by atoms with Crippen molar-refractivity contribution in [3.8, 4) is 0 Å². The maximum atomic E-state index is 12.4. The van der Waals surface area contributed by atoms with Gasteiger partial charge in [-0.05, 0) is 53.1 Å². The van der Waals surface area contributed by atoms with Crippen LogP contribution in [0.15, 0.2) is 41.1 Å². The summed E-state index contributed by atoms with van der Waals surface area (Å²) in [6, 6.07) is 9.28. The van der Waals surface area contributed by atoms with Crippen LogP contribution in [0.4, 0.5) is 0 Å². The third kappa shape index (κ3) is 2.67. The number of thiophene rings is 1. The number of rotatable bonds is 2. The summed E-state index contributed by atoms with van der Waals surface area (Å²) in [5.41, 5.74) is 2.08. The van der Waals surface area contributed by atoms with Crippen molar-refractivity contribution in [1.29, 1.82) is 0 Å². The van der Waals surface area contributed by atoms with Gasteiger partial charge in [0.2, 0.25) is 0 Å². The normalized spacial score (nSPS) is 18.8. The smallest absolute Gasteiger partial charge is 0.253 e. The molecule has 1 unspecified atom stereocenters. The van der Waals surface area contributed by atoms with Crippen molar-refractivity contribution in [2.24, 2.45) is 0 Å². The summed E-state index contributed by atoms with van der Waals surface area (Å²) >= 11 is 7.56. The van der Waals surface area contributed by atoms with Gasteiger partial charge in [-0.3, -0.25) is 4.79 Å². The first-order valence-corrected chi connectivity index (χ1v) is 7.63. The van der Waals surface area contributed by atoms with E-state index in [4.69, 9.17) is 11.6 Å². The molecule has 3 rings (SSSR count). The van der Waals surface area contributed by atoms with E-state index < -0.39 is 0 Å². The number of benzene rings is 1. The van der Waals surface area contributed by atoms with Crippen molar-refractivity contribution in [1.82, 2.24) is 4.90 Å². The molecule has 4 heteroatoms. The van der Waals surface area contributed by atoms with Gasteiger partial charge < -0.3 is 4.90 Å². The molecule has 0 saturated carbocycles. The highest BCUT2D eigenvalue weighted by Crippen LogP contribution is 2.29. The Bertz CT molecular complexity index is 564. The predicted octanol–water partition coefficient (Wildman–Crippen LogP) is 4.03. The summed E-state index contributed by atoms with van der Waals surface area (Å²) < 4.78 is 0. The zero-order valence-corrected chi connectivity index (χ0v) is 12.0. The molecule has 0 aliphatic carbocycles. The second kappa shape index (κ2) is 5.35. The van der Waals surface area contributed by atoms with Crippen LogP contribution in [0.2, 0.25) is 5.02 Å². The third-order valence-electron chi connectivity index (χ3n) is 3.58. The number of nitrogens with zero attached hydrogens (tertiary/aromatic N) is 1. The van der Waals surface area contributed by atoms with E-state index in [9.17, 15) is 4.79 Å². The molecular weight excluding hydrogens is 278 g/mol. The Balaban J connectivity index is 1.71. The van der Waals surface area contributed by atoms with E-state index in [0.29, 0.717) is 10.9 Å². The van der Waals surface area contributed by atoms with Crippen molar-refractivity contribution >= 4 is 28.8 Å². The first kappa shape index (κ1) is 12.7. The molecule has 0 radical (unpaired) electrons. The lowest BCUT2D eigenvalue weighted by atomic mass is 10.0. The molecular formula is C15H14ClNOS. The second-order valence-electron chi connectivity index (χ2n) is 4.80. The van der Waals surface area contributed by atoms with Gasteiger partial charge in [-0.25, -0.2) is 0 Å². The lowest BCUT2D eigenvalue weighted by molar-refractivity contribution is 0.0791. The molecule has 1 saturated heterocycles. The van der Waals surface area contributed by atoms with Crippen LogP contribution in [0.25, 0.3) is 0 Å². The summed E-state index contributed by atoms with van der Waals surface area (Å²) in [5.74, 6) is 0.594. The van der Waals surface area contributed by atoms with Crippen LogP contribution in [0.5, 0.6) is 0 Å². The van der Waals surface area contributed by atoms with Crippen molar-refractivity contribution in [2.75, 3.05) is 13.1 Å². The number of halogens is 1. The first-order valence-electron chi connectivity index (χ1n) is 6.31. The van der Waals surface area contributed by atoms with E-state index in [0.717, 1.165) is 25.1 Å². The molecule has 1 amide bonds. The monoisotopic (exact) mass is 291 g/mol. The number of hydrogen-bond donors (Lipinski definition) is 0. The fourth-order valence-electron chi connectivity index (χ4n) is 2.50. The molecule has 2 heterocycles. The maximum absolute atomic E-state index is 12.4. The quantitative estimate of drug-likeness (QED) is 0.818.